The van der Waals surface area contributed by atoms with Gasteiger partial charge in [0.2, 0.25) is 5.82 Å². The van der Waals surface area contributed by atoms with Crippen LogP contribution in [0.15, 0.2) is 29.1 Å². The molecular weight excluding hydrogens is 396 g/mol. The lowest BCUT2D eigenvalue weighted by Crippen LogP contribution is -3.13. The number of hydrogen-bond donors (Lipinski definition) is 2. The molecule has 3 aromatic rings. The van der Waals surface area contributed by atoms with Gasteiger partial charge in [-0.2, -0.15) is 0 Å². The number of methoxy groups -OCH3 is 1. The molecule has 2 N–H and O–H groups in total. The van der Waals surface area contributed by atoms with Gasteiger partial charge in [-0.15, -0.1) is 5.10 Å². The summed E-state index contributed by atoms with van der Waals surface area (Å²) in [6.45, 7) is 3.40. The van der Waals surface area contributed by atoms with Gasteiger partial charge in [0.05, 0.1) is 43.9 Å². The van der Waals surface area contributed by atoms with Crippen LogP contribution >= 0.6 is 0 Å². The summed E-state index contributed by atoms with van der Waals surface area (Å²) in [5.74, 6) is 1.46. The Morgan fingerprint density at radius 3 is 2.90 bits per heavy atom. The minimum Gasteiger partial charge on any atom is -0.497 e. The van der Waals surface area contributed by atoms with Gasteiger partial charge in [0.25, 0.3) is 5.56 Å². The quantitative estimate of drug-likeness (QED) is 0.608. The van der Waals surface area contributed by atoms with E-state index in [1.165, 1.54) is 11.3 Å². The molecule has 2 fully saturated rings. The third-order valence-corrected chi connectivity index (χ3v) is 6.52. The van der Waals surface area contributed by atoms with E-state index >= 15 is 0 Å². The van der Waals surface area contributed by atoms with Gasteiger partial charge in [0, 0.05) is 12.7 Å². The van der Waals surface area contributed by atoms with Crippen molar-refractivity contribution in [2.24, 2.45) is 0 Å². The number of ether oxygens (including phenoxy) is 2. The zero-order valence-corrected chi connectivity index (χ0v) is 17.8. The largest absolute Gasteiger partial charge is 0.497 e. The maximum atomic E-state index is 13.3. The Morgan fingerprint density at radius 1 is 1.26 bits per heavy atom. The predicted molar refractivity (Wildman–Crippen MR) is 114 cm³/mol. The molecular formula is C22H29N6O3+. The normalized spacial score (nSPS) is 20.9. The SMILES string of the molecule is COc1ccc2cc([C@H](c3nnnn3C[C@@H]3CCCO3)[NH+]3CCCCC3)c(=O)[nH]c2c1. The molecule has 31 heavy (non-hydrogen) atoms. The summed E-state index contributed by atoms with van der Waals surface area (Å²) in [5.41, 5.74) is 1.37. The Bertz CT molecular complexity index is 1100. The minimum absolute atomic E-state index is 0.101. The molecule has 1 aromatic carbocycles. The highest BCUT2D eigenvalue weighted by atomic mass is 16.5. The molecule has 0 unspecified atom stereocenters. The number of quaternary nitrogens is 1. The van der Waals surface area contributed by atoms with Gasteiger partial charge < -0.3 is 19.4 Å². The average molecular weight is 426 g/mol. The van der Waals surface area contributed by atoms with Crippen LogP contribution in [0.2, 0.25) is 0 Å². The molecule has 0 spiro atoms. The van der Waals surface area contributed by atoms with Crippen molar-refractivity contribution >= 4 is 10.9 Å². The van der Waals surface area contributed by atoms with Crippen molar-refractivity contribution in [3.63, 3.8) is 0 Å². The Morgan fingerprint density at radius 2 is 2.13 bits per heavy atom. The van der Waals surface area contributed by atoms with E-state index in [1.807, 2.05) is 28.9 Å². The molecule has 0 bridgehead atoms. The molecule has 2 aromatic heterocycles. The van der Waals surface area contributed by atoms with Crippen LogP contribution < -0.4 is 15.2 Å². The van der Waals surface area contributed by atoms with Crippen molar-refractivity contribution in [1.29, 1.82) is 0 Å². The van der Waals surface area contributed by atoms with Crippen LogP contribution in [-0.2, 0) is 11.3 Å². The maximum absolute atomic E-state index is 13.3. The van der Waals surface area contributed by atoms with Crippen LogP contribution in [0.4, 0.5) is 0 Å². The zero-order chi connectivity index (χ0) is 21.2. The number of pyridine rings is 1. The fourth-order valence-corrected chi connectivity index (χ4v) is 4.90. The van der Waals surface area contributed by atoms with Gasteiger partial charge in [-0.3, -0.25) is 4.79 Å². The smallest absolute Gasteiger partial charge is 0.258 e. The zero-order valence-electron chi connectivity index (χ0n) is 17.8. The number of benzene rings is 1. The van der Waals surface area contributed by atoms with Gasteiger partial charge in [-0.05, 0) is 66.1 Å². The lowest BCUT2D eigenvalue weighted by atomic mass is 10.0. The minimum atomic E-state index is -0.216. The van der Waals surface area contributed by atoms with Gasteiger partial charge in [-0.1, -0.05) is 0 Å². The monoisotopic (exact) mass is 425 g/mol. The Kier molecular flexibility index (Phi) is 5.69. The third-order valence-electron chi connectivity index (χ3n) is 6.52. The number of likely N-dealkylation sites (tertiary alicyclic amines) is 1. The molecule has 0 aliphatic carbocycles. The number of aromatic amines is 1. The first-order chi connectivity index (χ1) is 15.2. The number of aromatic nitrogens is 5. The predicted octanol–water partition coefficient (Wildman–Crippen LogP) is 0.860. The van der Waals surface area contributed by atoms with Gasteiger partial charge in [-0.25, -0.2) is 4.68 Å². The number of tetrazole rings is 1. The Hall–Kier alpha value is -2.78. The third kappa shape index (κ3) is 4.07. The molecule has 4 heterocycles. The van der Waals surface area contributed by atoms with Gasteiger partial charge in [0.15, 0.2) is 6.04 Å². The summed E-state index contributed by atoms with van der Waals surface area (Å²) in [5, 5.41) is 13.6. The van der Waals surface area contributed by atoms with Gasteiger partial charge >= 0.3 is 0 Å². The molecule has 0 saturated carbocycles. The van der Waals surface area contributed by atoms with E-state index in [0.29, 0.717) is 12.1 Å². The lowest BCUT2D eigenvalue weighted by molar-refractivity contribution is -0.931. The molecule has 0 radical (unpaired) electrons. The summed E-state index contributed by atoms with van der Waals surface area (Å²) >= 11 is 0. The van der Waals surface area contributed by atoms with E-state index in [4.69, 9.17) is 9.47 Å². The van der Waals surface area contributed by atoms with E-state index in [1.54, 1.807) is 7.11 Å². The van der Waals surface area contributed by atoms with Crippen molar-refractivity contribution in [2.75, 3.05) is 26.8 Å². The first kappa shape index (κ1) is 20.1. The second kappa shape index (κ2) is 8.76. The van der Waals surface area contributed by atoms with Crippen LogP contribution in [0.3, 0.4) is 0 Å². The first-order valence-electron chi connectivity index (χ1n) is 11.2. The average Bonchev–Trinajstić information content (AvgIpc) is 3.48. The summed E-state index contributed by atoms with van der Waals surface area (Å²) in [6, 6.07) is 7.52. The molecule has 5 rings (SSSR count). The summed E-state index contributed by atoms with van der Waals surface area (Å²) < 4.78 is 13.0. The molecule has 0 amide bonds. The second-order valence-corrected chi connectivity index (χ2v) is 8.51. The summed E-state index contributed by atoms with van der Waals surface area (Å²) in [4.78, 5) is 17.7. The van der Waals surface area contributed by atoms with E-state index in [-0.39, 0.29) is 17.7 Å². The number of fused-ring (bicyclic) bond motifs is 1. The number of piperidine rings is 1. The molecule has 9 heteroatoms. The first-order valence-corrected chi connectivity index (χ1v) is 11.2. The number of H-pyrrole nitrogens is 1. The highest BCUT2D eigenvalue weighted by Gasteiger charge is 2.35. The van der Waals surface area contributed by atoms with Crippen LogP contribution in [0, 0.1) is 0 Å². The molecule has 2 saturated heterocycles. The molecule has 2 atom stereocenters. The van der Waals surface area contributed by atoms with Crippen molar-refractivity contribution in [3.8, 4) is 5.75 Å². The van der Waals surface area contributed by atoms with E-state index in [0.717, 1.165) is 67.9 Å². The lowest BCUT2D eigenvalue weighted by Gasteiger charge is -2.30. The van der Waals surface area contributed by atoms with Crippen molar-refractivity contribution < 1.29 is 14.4 Å². The number of rotatable bonds is 6. The molecule has 2 aliphatic heterocycles. The van der Waals surface area contributed by atoms with Crippen LogP contribution in [0.5, 0.6) is 5.75 Å². The van der Waals surface area contributed by atoms with Crippen molar-refractivity contribution in [2.45, 2.75) is 50.8 Å². The van der Waals surface area contributed by atoms with Crippen molar-refractivity contribution in [3.05, 3.63) is 46.0 Å². The topological polar surface area (TPSA) is 99.4 Å². The Labute approximate surface area is 180 Å². The van der Waals surface area contributed by atoms with Crippen LogP contribution in [-0.4, -0.2) is 58.1 Å². The highest BCUT2D eigenvalue weighted by molar-refractivity contribution is 5.80. The van der Waals surface area contributed by atoms with Gasteiger partial charge in [0.1, 0.15) is 5.75 Å². The fraction of sp³-hybridized carbons (Fsp3) is 0.545. The fourth-order valence-electron chi connectivity index (χ4n) is 4.90. The van der Waals surface area contributed by atoms with E-state index in [9.17, 15) is 4.79 Å². The molecule has 2 aliphatic rings. The highest BCUT2D eigenvalue weighted by Crippen LogP contribution is 2.23. The number of nitrogens with one attached hydrogen (secondary N) is 2. The van der Waals surface area contributed by atoms with Crippen molar-refractivity contribution in [1.82, 2.24) is 25.2 Å². The number of hydrogen-bond acceptors (Lipinski definition) is 6. The van der Waals surface area contributed by atoms with Crippen LogP contribution in [0.1, 0.15) is 49.5 Å². The van der Waals surface area contributed by atoms with E-state index in [2.05, 4.69) is 20.5 Å². The standard InChI is InChI=1S/C22H28N6O3/c1-30-16-8-7-15-12-18(22(29)23-19(15)13-16)20(27-9-3-2-4-10-27)21-24-25-26-28(21)14-17-6-5-11-31-17/h7-8,12-13,17,20H,2-6,9-11,14H2,1H3,(H,23,29)/p+1/t17-,20+/m0/s1. The maximum Gasteiger partial charge on any atom is 0.258 e. The number of nitrogens with zero attached hydrogens (tertiary/aromatic N) is 4. The molecule has 164 valence electrons. The molecule has 9 nitrogen and oxygen atoms in total. The van der Waals surface area contributed by atoms with Crippen LogP contribution in [0.25, 0.3) is 10.9 Å². The Balaban J connectivity index is 1.58. The summed E-state index contributed by atoms with van der Waals surface area (Å²) in [7, 11) is 1.62. The second-order valence-electron chi connectivity index (χ2n) is 8.51. The summed E-state index contributed by atoms with van der Waals surface area (Å²) in [6.07, 6.45) is 5.71. The van der Waals surface area contributed by atoms with E-state index < -0.39 is 0 Å².